The lowest BCUT2D eigenvalue weighted by atomic mass is 9.77. The number of hydrogen-bond donors (Lipinski definition) is 2. The van der Waals surface area contributed by atoms with Gasteiger partial charge >= 0.3 is 12.1 Å². The Labute approximate surface area is 208 Å². The third-order valence-corrected chi connectivity index (χ3v) is 5.06. The van der Waals surface area contributed by atoms with Gasteiger partial charge in [0.1, 0.15) is 24.0 Å². The zero-order valence-electron chi connectivity index (χ0n) is 21.7. The molecule has 0 aliphatic heterocycles. The fourth-order valence-corrected chi connectivity index (χ4v) is 3.36. The molecular formula is C25H41NO9. The molecule has 10 nitrogen and oxygen atoms in total. The van der Waals surface area contributed by atoms with Gasteiger partial charge in [0.05, 0.1) is 46.2 Å². The lowest BCUT2D eigenvalue weighted by Crippen LogP contribution is -2.54. The summed E-state index contributed by atoms with van der Waals surface area (Å²) in [4.78, 5) is 25.7. The molecule has 1 aromatic rings. The second-order valence-electron chi connectivity index (χ2n) is 9.49. The Hall–Kier alpha value is -2.40. The van der Waals surface area contributed by atoms with Gasteiger partial charge in [-0.05, 0) is 38.5 Å². The number of aliphatic carboxylic acids is 1. The highest BCUT2D eigenvalue weighted by Crippen LogP contribution is 2.32. The molecule has 200 valence electrons. The van der Waals surface area contributed by atoms with Crippen LogP contribution in [-0.2, 0) is 29.2 Å². The van der Waals surface area contributed by atoms with Gasteiger partial charge in [-0.3, -0.25) is 4.90 Å². The number of hydrogen-bond acceptors (Lipinski definition) is 8. The van der Waals surface area contributed by atoms with Crippen LogP contribution in [0.2, 0.25) is 0 Å². The monoisotopic (exact) mass is 499 g/mol. The molecule has 1 amide bonds. The van der Waals surface area contributed by atoms with Gasteiger partial charge in [0, 0.05) is 12.5 Å². The highest BCUT2D eigenvalue weighted by molar-refractivity contribution is 5.82. The van der Waals surface area contributed by atoms with Crippen LogP contribution >= 0.6 is 0 Å². The number of benzene rings is 1. The smallest absolute Gasteiger partial charge is 0.410 e. The number of amides is 1. The molecule has 0 radical (unpaired) electrons. The van der Waals surface area contributed by atoms with Crippen LogP contribution in [-0.4, -0.2) is 98.7 Å². The second kappa shape index (κ2) is 14.9. The van der Waals surface area contributed by atoms with E-state index in [1.165, 1.54) is 7.05 Å². The van der Waals surface area contributed by atoms with E-state index in [1.807, 2.05) is 0 Å². The summed E-state index contributed by atoms with van der Waals surface area (Å²) in [6.45, 7) is 11.5. The molecule has 0 saturated heterocycles. The number of ether oxygens (including phenoxy) is 5. The van der Waals surface area contributed by atoms with Crippen molar-refractivity contribution in [2.45, 2.75) is 51.7 Å². The van der Waals surface area contributed by atoms with Crippen molar-refractivity contribution >= 4 is 12.1 Å². The van der Waals surface area contributed by atoms with E-state index >= 15 is 0 Å². The Balaban J connectivity index is 2.55. The quantitative estimate of drug-likeness (QED) is 0.330. The van der Waals surface area contributed by atoms with Crippen molar-refractivity contribution < 1.29 is 43.5 Å². The molecule has 35 heavy (non-hydrogen) atoms. The van der Waals surface area contributed by atoms with E-state index in [2.05, 4.69) is 0 Å². The first-order chi connectivity index (χ1) is 16.4. The molecule has 1 atom stereocenters. The molecule has 1 rings (SSSR count). The third kappa shape index (κ3) is 11.3. The number of likely N-dealkylation sites (N-methyl/N-ethyl adjacent to an activating group) is 1. The minimum Gasteiger partial charge on any atom is -0.491 e. The van der Waals surface area contributed by atoms with Crippen LogP contribution in [0.5, 0.6) is 5.75 Å². The van der Waals surface area contributed by atoms with Gasteiger partial charge in [0.15, 0.2) is 0 Å². The van der Waals surface area contributed by atoms with E-state index in [1.54, 1.807) is 58.9 Å². The predicted molar refractivity (Wildman–Crippen MR) is 130 cm³/mol. The molecule has 1 aromatic carbocycles. The molecule has 2 N–H and O–H groups in total. The summed E-state index contributed by atoms with van der Waals surface area (Å²) >= 11 is 0. The summed E-state index contributed by atoms with van der Waals surface area (Å²) in [5, 5.41) is 18.5. The Morgan fingerprint density at radius 3 is 1.80 bits per heavy atom. The van der Waals surface area contributed by atoms with Crippen molar-refractivity contribution in [3.8, 4) is 5.75 Å². The molecule has 1 unspecified atom stereocenters. The number of carbonyl (C=O) groups excluding carboxylic acids is 1. The van der Waals surface area contributed by atoms with Crippen molar-refractivity contribution in [3.63, 3.8) is 0 Å². The van der Waals surface area contributed by atoms with E-state index in [-0.39, 0.29) is 6.61 Å². The minimum atomic E-state index is -1.14. The first-order valence-electron chi connectivity index (χ1n) is 11.7. The standard InChI is InChI=1S/C25H41NO9/c1-24(2,3)35-23(30)26(6)21(22(28)29)25(4,5)19-7-9-20(10-8-19)34-18-17-33-16-15-32-14-13-31-12-11-27/h7-10,21,27H,11-18H2,1-6H3,(H,28,29). The molecule has 0 bridgehead atoms. The fourth-order valence-electron chi connectivity index (χ4n) is 3.36. The van der Waals surface area contributed by atoms with Gasteiger partial charge in [0.25, 0.3) is 0 Å². The van der Waals surface area contributed by atoms with Gasteiger partial charge in [0.2, 0.25) is 0 Å². The van der Waals surface area contributed by atoms with Crippen LogP contribution in [0.15, 0.2) is 24.3 Å². The number of carboxylic acids is 1. The summed E-state index contributed by atoms with van der Waals surface area (Å²) in [5.74, 6) is -0.500. The number of nitrogens with zero attached hydrogens (tertiary/aromatic N) is 1. The van der Waals surface area contributed by atoms with E-state index in [9.17, 15) is 14.7 Å². The molecule has 0 aromatic heterocycles. The molecule has 0 spiro atoms. The van der Waals surface area contributed by atoms with E-state index < -0.39 is 29.1 Å². The maximum atomic E-state index is 12.5. The summed E-state index contributed by atoms with van der Waals surface area (Å²) in [7, 11) is 1.43. The predicted octanol–water partition coefficient (Wildman–Crippen LogP) is 2.71. The molecular weight excluding hydrogens is 458 g/mol. The first-order valence-corrected chi connectivity index (χ1v) is 11.7. The maximum Gasteiger partial charge on any atom is 0.410 e. The number of carbonyl (C=O) groups is 2. The molecule has 0 heterocycles. The third-order valence-electron chi connectivity index (χ3n) is 5.06. The first kappa shape index (κ1) is 30.6. The zero-order chi connectivity index (χ0) is 26.5. The molecule has 0 aliphatic rings. The normalized spacial score (nSPS) is 12.8. The highest BCUT2D eigenvalue weighted by atomic mass is 16.6. The number of aliphatic hydroxyl groups is 1. The van der Waals surface area contributed by atoms with Crippen LogP contribution in [0.3, 0.4) is 0 Å². The average Bonchev–Trinajstić information content (AvgIpc) is 2.76. The minimum absolute atomic E-state index is 0.00209. The van der Waals surface area contributed by atoms with Crippen LogP contribution in [0, 0.1) is 0 Å². The molecule has 0 saturated carbocycles. The van der Waals surface area contributed by atoms with Crippen molar-refractivity contribution in [2.24, 2.45) is 0 Å². The van der Waals surface area contributed by atoms with E-state index in [0.29, 0.717) is 52.0 Å². The van der Waals surface area contributed by atoms with Crippen molar-refractivity contribution in [1.29, 1.82) is 0 Å². The number of aliphatic hydroxyl groups excluding tert-OH is 1. The fraction of sp³-hybridized carbons (Fsp3) is 0.680. The van der Waals surface area contributed by atoms with Gasteiger partial charge in [-0.25, -0.2) is 9.59 Å². The Bertz CT molecular complexity index is 759. The zero-order valence-corrected chi connectivity index (χ0v) is 21.7. The van der Waals surface area contributed by atoms with Crippen LogP contribution in [0.25, 0.3) is 0 Å². The van der Waals surface area contributed by atoms with Crippen molar-refractivity contribution in [1.82, 2.24) is 4.90 Å². The van der Waals surface area contributed by atoms with Gasteiger partial charge in [-0.1, -0.05) is 26.0 Å². The highest BCUT2D eigenvalue weighted by Gasteiger charge is 2.42. The lowest BCUT2D eigenvalue weighted by Gasteiger charge is -2.38. The van der Waals surface area contributed by atoms with E-state index in [4.69, 9.17) is 28.8 Å². The van der Waals surface area contributed by atoms with Crippen LogP contribution in [0.1, 0.15) is 40.2 Å². The second-order valence-corrected chi connectivity index (χ2v) is 9.49. The summed E-state index contributed by atoms with van der Waals surface area (Å²) in [6.07, 6.45) is -0.696. The number of rotatable bonds is 16. The number of carboxylic acid groups (broad SMARTS) is 1. The topological polar surface area (TPSA) is 124 Å². The van der Waals surface area contributed by atoms with Crippen molar-refractivity contribution in [2.75, 3.05) is 59.9 Å². The van der Waals surface area contributed by atoms with Gasteiger partial charge in [-0.2, -0.15) is 0 Å². The molecule has 0 aliphatic carbocycles. The van der Waals surface area contributed by atoms with Crippen LogP contribution < -0.4 is 4.74 Å². The van der Waals surface area contributed by atoms with Crippen LogP contribution in [0.4, 0.5) is 4.79 Å². The summed E-state index contributed by atoms with van der Waals surface area (Å²) in [5.41, 5.74) is -0.893. The summed E-state index contributed by atoms with van der Waals surface area (Å²) in [6, 6.07) is 5.97. The Morgan fingerprint density at radius 2 is 1.34 bits per heavy atom. The SMILES string of the molecule is CN(C(=O)OC(C)(C)C)C(C(=O)O)C(C)(C)c1ccc(OCCOCCOCCOCCO)cc1. The van der Waals surface area contributed by atoms with Gasteiger partial charge < -0.3 is 33.9 Å². The van der Waals surface area contributed by atoms with Crippen molar-refractivity contribution in [3.05, 3.63) is 29.8 Å². The average molecular weight is 500 g/mol. The summed E-state index contributed by atoms with van der Waals surface area (Å²) < 4.78 is 26.9. The lowest BCUT2D eigenvalue weighted by molar-refractivity contribution is -0.145. The van der Waals surface area contributed by atoms with Gasteiger partial charge in [-0.15, -0.1) is 0 Å². The molecule has 0 fully saturated rings. The largest absolute Gasteiger partial charge is 0.491 e. The Kier molecular flexibility index (Phi) is 13.0. The van der Waals surface area contributed by atoms with E-state index in [0.717, 1.165) is 10.5 Å². The maximum absolute atomic E-state index is 12.5. The molecule has 10 heteroatoms. The Morgan fingerprint density at radius 1 is 0.857 bits per heavy atom.